The van der Waals surface area contributed by atoms with Crippen molar-refractivity contribution in [3.63, 3.8) is 0 Å². The Morgan fingerprint density at radius 3 is 2.63 bits per heavy atom. The number of hydrogen-bond donors (Lipinski definition) is 1. The van der Waals surface area contributed by atoms with Crippen LogP contribution in [-0.2, 0) is 0 Å². The lowest BCUT2D eigenvalue weighted by molar-refractivity contribution is 0.117. The fourth-order valence-electron chi connectivity index (χ4n) is 3.48. The third-order valence-electron chi connectivity index (χ3n) is 4.73. The average Bonchev–Trinajstić information content (AvgIpc) is 2.75. The van der Waals surface area contributed by atoms with E-state index in [1.165, 1.54) is 19.3 Å². The maximum absolute atomic E-state index is 4.41. The zero-order valence-electron chi connectivity index (χ0n) is 13.1. The molecule has 19 heavy (non-hydrogen) atoms. The number of imidazole rings is 1. The highest BCUT2D eigenvalue weighted by Gasteiger charge is 2.36. The van der Waals surface area contributed by atoms with Crippen LogP contribution in [0.15, 0.2) is 12.4 Å². The molecule has 3 nitrogen and oxygen atoms in total. The molecule has 0 saturated heterocycles. The van der Waals surface area contributed by atoms with Gasteiger partial charge in [0, 0.05) is 18.4 Å². The van der Waals surface area contributed by atoms with Crippen molar-refractivity contribution in [3.8, 4) is 0 Å². The van der Waals surface area contributed by atoms with Crippen LogP contribution in [-0.4, -0.2) is 22.1 Å². The van der Waals surface area contributed by atoms with Crippen LogP contribution in [0.4, 0.5) is 0 Å². The molecule has 0 radical (unpaired) electrons. The predicted molar refractivity (Wildman–Crippen MR) is 80.3 cm³/mol. The van der Waals surface area contributed by atoms with Crippen LogP contribution < -0.4 is 5.32 Å². The molecule has 3 atom stereocenters. The summed E-state index contributed by atoms with van der Waals surface area (Å²) >= 11 is 0. The summed E-state index contributed by atoms with van der Waals surface area (Å²) in [6.07, 6.45) is 7.95. The molecule has 0 amide bonds. The minimum Gasteiger partial charge on any atom is -0.331 e. The summed E-state index contributed by atoms with van der Waals surface area (Å²) in [7, 11) is 0. The van der Waals surface area contributed by atoms with Crippen molar-refractivity contribution in [3.05, 3.63) is 18.2 Å². The molecule has 0 spiro atoms. The minimum absolute atomic E-state index is 0.407. The largest absolute Gasteiger partial charge is 0.331 e. The highest BCUT2D eigenvalue weighted by Crippen LogP contribution is 2.42. The van der Waals surface area contributed by atoms with E-state index in [1.807, 2.05) is 6.20 Å². The molecule has 1 heterocycles. The molecular formula is C16H29N3. The first-order chi connectivity index (χ1) is 8.93. The van der Waals surface area contributed by atoms with Gasteiger partial charge in [-0.05, 0) is 44.1 Å². The van der Waals surface area contributed by atoms with E-state index < -0.39 is 0 Å². The van der Waals surface area contributed by atoms with Crippen molar-refractivity contribution in [1.82, 2.24) is 14.9 Å². The first-order valence-corrected chi connectivity index (χ1v) is 7.66. The molecule has 1 fully saturated rings. The van der Waals surface area contributed by atoms with Gasteiger partial charge in [0.1, 0.15) is 5.82 Å². The Bertz CT molecular complexity index is 402. The molecule has 1 saturated carbocycles. The number of nitrogens with one attached hydrogen (secondary N) is 1. The number of aryl methyl sites for hydroxylation is 1. The standard InChI is InChI=1S/C16H29N3/c1-6-17-14-8-7-13(16(3,4)5)11-15(14)19-10-9-18-12(19)2/h9-10,13-15,17H,6-8,11H2,1-5H3. The Kier molecular flexibility index (Phi) is 4.34. The Balaban J connectivity index is 2.20. The highest BCUT2D eigenvalue weighted by molar-refractivity contribution is 4.99. The third kappa shape index (κ3) is 3.19. The second kappa shape index (κ2) is 5.66. The van der Waals surface area contributed by atoms with Crippen LogP contribution in [0.1, 0.15) is 58.8 Å². The SMILES string of the molecule is CCNC1CCC(C(C)(C)C)CC1n1ccnc1C. The molecule has 2 rings (SSSR count). The summed E-state index contributed by atoms with van der Waals surface area (Å²) in [4.78, 5) is 4.41. The number of likely N-dealkylation sites (N-methyl/N-ethyl adjacent to an activating group) is 1. The van der Waals surface area contributed by atoms with Crippen molar-refractivity contribution in [2.45, 2.75) is 66.0 Å². The normalized spacial score (nSPS) is 28.6. The molecular weight excluding hydrogens is 234 g/mol. The monoisotopic (exact) mass is 263 g/mol. The first kappa shape index (κ1) is 14.6. The summed E-state index contributed by atoms with van der Waals surface area (Å²) in [5, 5.41) is 3.67. The second-order valence-corrected chi connectivity index (χ2v) is 6.99. The van der Waals surface area contributed by atoms with Gasteiger partial charge in [0.05, 0.1) is 6.04 Å². The lowest BCUT2D eigenvalue weighted by Gasteiger charge is -2.43. The van der Waals surface area contributed by atoms with Gasteiger partial charge in [-0.3, -0.25) is 0 Å². The van der Waals surface area contributed by atoms with Gasteiger partial charge in [0.2, 0.25) is 0 Å². The van der Waals surface area contributed by atoms with Crippen molar-refractivity contribution in [2.24, 2.45) is 11.3 Å². The summed E-state index contributed by atoms with van der Waals surface area (Å²) in [5.74, 6) is 1.94. The minimum atomic E-state index is 0.407. The van der Waals surface area contributed by atoms with Crippen LogP contribution in [0.5, 0.6) is 0 Å². The van der Waals surface area contributed by atoms with E-state index in [0.717, 1.165) is 18.3 Å². The molecule has 1 aliphatic rings. The van der Waals surface area contributed by atoms with Gasteiger partial charge in [-0.2, -0.15) is 0 Å². The Morgan fingerprint density at radius 2 is 2.11 bits per heavy atom. The Labute approximate surface area is 117 Å². The van der Waals surface area contributed by atoms with Gasteiger partial charge < -0.3 is 9.88 Å². The second-order valence-electron chi connectivity index (χ2n) is 6.99. The predicted octanol–water partition coefficient (Wildman–Crippen LogP) is 3.56. The molecule has 108 valence electrons. The van der Waals surface area contributed by atoms with E-state index in [1.54, 1.807) is 0 Å². The van der Waals surface area contributed by atoms with Crippen molar-refractivity contribution < 1.29 is 0 Å². The molecule has 3 heteroatoms. The van der Waals surface area contributed by atoms with Crippen molar-refractivity contribution in [2.75, 3.05) is 6.54 Å². The number of rotatable bonds is 3. The fourth-order valence-corrected chi connectivity index (χ4v) is 3.48. The van der Waals surface area contributed by atoms with Crippen LogP contribution in [0.2, 0.25) is 0 Å². The Hall–Kier alpha value is -0.830. The van der Waals surface area contributed by atoms with E-state index in [-0.39, 0.29) is 0 Å². The third-order valence-corrected chi connectivity index (χ3v) is 4.73. The summed E-state index contributed by atoms with van der Waals surface area (Å²) in [5.41, 5.74) is 0.407. The van der Waals surface area contributed by atoms with Crippen molar-refractivity contribution >= 4 is 0 Å². The fraction of sp³-hybridized carbons (Fsp3) is 0.812. The zero-order chi connectivity index (χ0) is 14.0. The van der Waals surface area contributed by atoms with Gasteiger partial charge in [-0.15, -0.1) is 0 Å². The van der Waals surface area contributed by atoms with Gasteiger partial charge in [-0.25, -0.2) is 4.98 Å². The van der Waals surface area contributed by atoms with Crippen LogP contribution >= 0.6 is 0 Å². The lowest BCUT2D eigenvalue weighted by atomic mass is 9.69. The average molecular weight is 263 g/mol. The van der Waals surface area contributed by atoms with Gasteiger partial charge in [0.25, 0.3) is 0 Å². The molecule has 0 bridgehead atoms. The van der Waals surface area contributed by atoms with Crippen LogP contribution in [0, 0.1) is 18.3 Å². The van der Waals surface area contributed by atoms with Gasteiger partial charge >= 0.3 is 0 Å². The molecule has 3 unspecified atom stereocenters. The molecule has 1 aliphatic carbocycles. The van der Waals surface area contributed by atoms with Gasteiger partial charge in [0.15, 0.2) is 0 Å². The van der Waals surface area contributed by atoms with E-state index >= 15 is 0 Å². The molecule has 1 aromatic heterocycles. The van der Waals surface area contributed by atoms with E-state index in [4.69, 9.17) is 0 Å². The topological polar surface area (TPSA) is 29.9 Å². The maximum Gasteiger partial charge on any atom is 0.105 e. The maximum atomic E-state index is 4.41. The number of aromatic nitrogens is 2. The highest BCUT2D eigenvalue weighted by atomic mass is 15.1. The number of nitrogens with zero attached hydrogens (tertiary/aromatic N) is 2. The van der Waals surface area contributed by atoms with Crippen molar-refractivity contribution in [1.29, 1.82) is 0 Å². The van der Waals surface area contributed by atoms with E-state index in [9.17, 15) is 0 Å². The van der Waals surface area contributed by atoms with Gasteiger partial charge in [-0.1, -0.05) is 27.7 Å². The zero-order valence-corrected chi connectivity index (χ0v) is 13.1. The molecule has 0 aliphatic heterocycles. The number of hydrogen-bond acceptors (Lipinski definition) is 2. The van der Waals surface area contributed by atoms with E-state index in [0.29, 0.717) is 17.5 Å². The summed E-state index contributed by atoms with van der Waals surface area (Å²) < 4.78 is 2.38. The quantitative estimate of drug-likeness (QED) is 0.903. The molecule has 0 aromatic carbocycles. The Morgan fingerprint density at radius 1 is 1.37 bits per heavy atom. The summed E-state index contributed by atoms with van der Waals surface area (Å²) in [6.45, 7) is 12.5. The van der Waals surface area contributed by atoms with Crippen LogP contribution in [0.3, 0.4) is 0 Å². The molecule has 1 N–H and O–H groups in total. The summed E-state index contributed by atoms with van der Waals surface area (Å²) in [6, 6.07) is 1.15. The molecule has 1 aromatic rings. The lowest BCUT2D eigenvalue weighted by Crippen LogP contribution is -2.44. The van der Waals surface area contributed by atoms with E-state index in [2.05, 4.69) is 55.7 Å². The first-order valence-electron chi connectivity index (χ1n) is 7.66. The smallest absolute Gasteiger partial charge is 0.105 e. The van der Waals surface area contributed by atoms with Crippen LogP contribution in [0.25, 0.3) is 0 Å².